The minimum absolute atomic E-state index is 0.0327. The summed E-state index contributed by atoms with van der Waals surface area (Å²) < 4.78 is 6.24. The maximum Gasteiger partial charge on any atom is 0.338 e. The summed E-state index contributed by atoms with van der Waals surface area (Å²) >= 11 is 0. The van der Waals surface area contributed by atoms with Crippen molar-refractivity contribution in [3.63, 3.8) is 0 Å². The third-order valence-corrected chi connectivity index (χ3v) is 3.58. The Bertz CT molecular complexity index is 810. The zero-order valence-electron chi connectivity index (χ0n) is 12.3. The lowest BCUT2D eigenvalue weighted by Gasteiger charge is -2.27. The van der Waals surface area contributed by atoms with Crippen LogP contribution in [0.2, 0.25) is 0 Å². The first kappa shape index (κ1) is 14.6. The maximum absolute atomic E-state index is 12.2. The van der Waals surface area contributed by atoms with E-state index in [0.717, 1.165) is 0 Å². The van der Waals surface area contributed by atoms with Crippen LogP contribution in [0.25, 0.3) is 5.70 Å². The third-order valence-electron chi connectivity index (χ3n) is 3.58. The Kier molecular flexibility index (Phi) is 3.48. The van der Waals surface area contributed by atoms with Gasteiger partial charge in [0.1, 0.15) is 0 Å². The number of allylic oxidation sites excluding steroid dienone is 1. The van der Waals surface area contributed by atoms with Gasteiger partial charge in [-0.3, -0.25) is 10.1 Å². The van der Waals surface area contributed by atoms with Crippen LogP contribution >= 0.6 is 0 Å². The van der Waals surface area contributed by atoms with Crippen molar-refractivity contribution < 1.29 is 14.5 Å². The molecule has 0 radical (unpaired) electrons. The molecule has 10 heteroatoms. The van der Waals surface area contributed by atoms with Crippen molar-refractivity contribution in [1.29, 1.82) is 0 Å². The molecule has 1 unspecified atom stereocenters. The van der Waals surface area contributed by atoms with Crippen LogP contribution in [0.3, 0.4) is 0 Å². The summed E-state index contributed by atoms with van der Waals surface area (Å²) in [5.41, 5.74) is 1.49. The number of carbonyl (C=O) groups is 1. The number of nitrogens with one attached hydrogen (secondary N) is 1. The van der Waals surface area contributed by atoms with Crippen molar-refractivity contribution >= 4 is 23.3 Å². The molecule has 1 atom stereocenters. The average Bonchev–Trinajstić information content (AvgIpc) is 3.03. The van der Waals surface area contributed by atoms with E-state index in [9.17, 15) is 14.9 Å². The molecule has 0 saturated heterocycles. The summed E-state index contributed by atoms with van der Waals surface area (Å²) in [6, 6.07) is 5.33. The highest BCUT2D eigenvalue weighted by molar-refractivity contribution is 5.97. The van der Waals surface area contributed by atoms with Gasteiger partial charge in [0.05, 0.1) is 29.3 Å². The summed E-state index contributed by atoms with van der Waals surface area (Å²) in [6.45, 7) is 1.70. The minimum atomic E-state index is -0.568. The van der Waals surface area contributed by atoms with Gasteiger partial charge in [-0.25, -0.2) is 4.79 Å². The highest BCUT2D eigenvalue weighted by atomic mass is 16.6. The van der Waals surface area contributed by atoms with Crippen molar-refractivity contribution in [3.05, 3.63) is 45.5 Å². The number of fused-ring (bicyclic) bond motifs is 1. The molecule has 0 spiro atoms. The lowest BCUT2D eigenvalue weighted by molar-refractivity contribution is -0.384. The highest BCUT2D eigenvalue weighted by Gasteiger charge is 2.33. The number of anilines is 1. The van der Waals surface area contributed by atoms with Gasteiger partial charge in [0.25, 0.3) is 5.69 Å². The molecule has 1 aromatic heterocycles. The van der Waals surface area contributed by atoms with Gasteiger partial charge in [0.2, 0.25) is 5.95 Å². The second-order valence-corrected chi connectivity index (χ2v) is 4.83. The summed E-state index contributed by atoms with van der Waals surface area (Å²) in [5.74, 6) is -0.155. The van der Waals surface area contributed by atoms with E-state index in [1.807, 2.05) is 0 Å². The van der Waals surface area contributed by atoms with E-state index in [-0.39, 0.29) is 5.69 Å². The molecule has 0 saturated carbocycles. The molecule has 0 amide bonds. The first-order valence-corrected chi connectivity index (χ1v) is 6.61. The Balaban J connectivity index is 2.08. The zero-order valence-corrected chi connectivity index (χ0v) is 12.3. The number of benzene rings is 1. The van der Waals surface area contributed by atoms with Gasteiger partial charge in [0, 0.05) is 12.1 Å². The summed E-state index contributed by atoms with van der Waals surface area (Å²) in [5, 5.41) is 25.0. The standard InChI is InChI=1S/C13H12N6O4/c1-7-10(12(20)23-2)11(14-13-15-16-17-18(7)13)8-3-5-9(6-4-8)19(21)22/h3-6,11H,1-2H3,(H,14,15,17). The van der Waals surface area contributed by atoms with Crippen LogP contribution in [0.4, 0.5) is 11.6 Å². The second-order valence-electron chi connectivity index (χ2n) is 4.83. The van der Waals surface area contributed by atoms with Gasteiger partial charge in [-0.15, -0.1) is 0 Å². The first-order valence-electron chi connectivity index (χ1n) is 6.61. The fourth-order valence-electron chi connectivity index (χ4n) is 2.44. The van der Waals surface area contributed by atoms with E-state index in [0.29, 0.717) is 22.8 Å². The van der Waals surface area contributed by atoms with Gasteiger partial charge in [-0.2, -0.15) is 4.68 Å². The van der Waals surface area contributed by atoms with Crippen LogP contribution in [0.15, 0.2) is 29.8 Å². The van der Waals surface area contributed by atoms with Crippen LogP contribution in [-0.4, -0.2) is 38.2 Å². The fraction of sp³-hybridized carbons (Fsp3) is 0.231. The number of hydrogen-bond acceptors (Lipinski definition) is 8. The van der Waals surface area contributed by atoms with E-state index in [4.69, 9.17) is 4.74 Å². The summed E-state index contributed by atoms with van der Waals surface area (Å²) in [7, 11) is 1.28. The molecule has 2 heterocycles. The molecule has 0 aliphatic carbocycles. The number of ether oxygens (including phenoxy) is 1. The first-order chi connectivity index (χ1) is 11.0. The number of tetrazole rings is 1. The molecule has 2 aromatic rings. The lowest BCUT2D eigenvalue weighted by atomic mass is 9.95. The van der Waals surface area contributed by atoms with Crippen molar-refractivity contribution in [2.24, 2.45) is 0 Å². The summed E-state index contributed by atoms with van der Waals surface area (Å²) in [6.07, 6.45) is 0. The van der Waals surface area contributed by atoms with Gasteiger partial charge in [-0.1, -0.05) is 5.10 Å². The predicted molar refractivity (Wildman–Crippen MR) is 78.2 cm³/mol. The van der Waals surface area contributed by atoms with E-state index in [1.165, 1.54) is 23.9 Å². The molecule has 23 heavy (non-hydrogen) atoms. The zero-order chi connectivity index (χ0) is 16.6. The number of methoxy groups -OCH3 is 1. The van der Waals surface area contributed by atoms with Gasteiger partial charge >= 0.3 is 5.97 Å². The number of aromatic nitrogens is 4. The molecule has 1 aliphatic rings. The topological polar surface area (TPSA) is 125 Å². The number of rotatable bonds is 3. The molecule has 1 aromatic carbocycles. The van der Waals surface area contributed by atoms with Crippen molar-refractivity contribution in [2.75, 3.05) is 12.4 Å². The number of carbonyl (C=O) groups excluding carboxylic acids is 1. The molecule has 118 valence electrons. The Morgan fingerprint density at radius 1 is 1.39 bits per heavy atom. The largest absolute Gasteiger partial charge is 0.466 e. The van der Waals surface area contributed by atoms with Gasteiger partial charge in [-0.05, 0) is 35.0 Å². The summed E-state index contributed by atoms with van der Waals surface area (Å²) in [4.78, 5) is 22.4. The molecule has 0 bridgehead atoms. The molecule has 1 aliphatic heterocycles. The number of esters is 1. The molecule has 10 nitrogen and oxygen atoms in total. The van der Waals surface area contributed by atoms with Crippen LogP contribution in [0.1, 0.15) is 18.5 Å². The normalized spacial score (nSPS) is 16.5. The number of nitro groups is 1. The number of hydrogen-bond donors (Lipinski definition) is 1. The van der Waals surface area contributed by atoms with Crippen molar-refractivity contribution in [3.8, 4) is 0 Å². The van der Waals surface area contributed by atoms with Crippen LogP contribution < -0.4 is 5.32 Å². The lowest BCUT2D eigenvalue weighted by Crippen LogP contribution is -2.28. The SMILES string of the molecule is COC(=O)C1=C(C)n2nnnc2NC1c1ccc([N+](=O)[O-])cc1. The highest BCUT2D eigenvalue weighted by Crippen LogP contribution is 2.35. The van der Waals surface area contributed by atoms with Crippen LogP contribution in [-0.2, 0) is 9.53 Å². The van der Waals surface area contributed by atoms with E-state index >= 15 is 0 Å². The smallest absolute Gasteiger partial charge is 0.338 e. The number of nitrogens with zero attached hydrogens (tertiary/aromatic N) is 5. The molecular weight excluding hydrogens is 304 g/mol. The quantitative estimate of drug-likeness (QED) is 0.508. The Hall–Kier alpha value is -3.30. The van der Waals surface area contributed by atoms with E-state index < -0.39 is 16.9 Å². The van der Waals surface area contributed by atoms with E-state index in [2.05, 4.69) is 20.8 Å². The number of nitro benzene ring substituents is 1. The predicted octanol–water partition coefficient (Wildman–Crippen LogP) is 1.15. The third kappa shape index (κ3) is 2.39. The second kappa shape index (κ2) is 5.48. The van der Waals surface area contributed by atoms with Crippen molar-refractivity contribution in [1.82, 2.24) is 20.2 Å². The molecule has 0 fully saturated rings. The Morgan fingerprint density at radius 2 is 2.09 bits per heavy atom. The Labute approximate surface area is 129 Å². The van der Waals surface area contributed by atoms with Gasteiger partial charge in [0.15, 0.2) is 0 Å². The average molecular weight is 316 g/mol. The van der Waals surface area contributed by atoms with E-state index in [1.54, 1.807) is 19.1 Å². The Morgan fingerprint density at radius 3 is 2.70 bits per heavy atom. The molecule has 3 rings (SSSR count). The number of non-ortho nitro benzene ring substituents is 1. The fourth-order valence-corrected chi connectivity index (χ4v) is 2.44. The van der Waals surface area contributed by atoms with Crippen LogP contribution in [0, 0.1) is 10.1 Å². The van der Waals surface area contributed by atoms with Crippen LogP contribution in [0.5, 0.6) is 0 Å². The minimum Gasteiger partial charge on any atom is -0.466 e. The maximum atomic E-state index is 12.2. The van der Waals surface area contributed by atoms with Gasteiger partial charge < -0.3 is 10.1 Å². The monoisotopic (exact) mass is 316 g/mol. The molecular formula is C13H12N6O4. The molecule has 1 N–H and O–H groups in total. The van der Waals surface area contributed by atoms with Crippen molar-refractivity contribution in [2.45, 2.75) is 13.0 Å².